The zero-order valence-electron chi connectivity index (χ0n) is 11.7. The summed E-state index contributed by atoms with van der Waals surface area (Å²) in [4.78, 5) is 18.0. The van der Waals surface area contributed by atoms with Gasteiger partial charge >= 0.3 is 0 Å². The first kappa shape index (κ1) is 15.3. The number of hydrogen-bond acceptors (Lipinski definition) is 3. The summed E-state index contributed by atoms with van der Waals surface area (Å²) in [6, 6.07) is 9.41. The molecule has 1 N–H and O–H groups in total. The van der Waals surface area contributed by atoms with Crippen LogP contribution in [-0.4, -0.2) is 25.0 Å². The number of hydrogen-bond donors (Lipinski definition) is 1. The molecule has 110 valence electrons. The van der Waals surface area contributed by atoms with E-state index in [1.807, 2.05) is 0 Å². The van der Waals surface area contributed by atoms with E-state index in [-0.39, 0.29) is 23.4 Å². The molecule has 6 heteroatoms. The highest BCUT2D eigenvalue weighted by Gasteiger charge is 2.11. The largest absolute Gasteiger partial charge is 0.363 e. The quantitative estimate of drug-likeness (QED) is 0.884. The Hall–Kier alpha value is -2.14. The molecule has 0 spiro atoms. The van der Waals surface area contributed by atoms with Gasteiger partial charge in [0.25, 0.3) is 5.91 Å². The van der Waals surface area contributed by atoms with Crippen molar-refractivity contribution in [2.75, 3.05) is 19.0 Å². The molecule has 0 aliphatic carbocycles. The van der Waals surface area contributed by atoms with Crippen molar-refractivity contribution in [3.05, 3.63) is 58.5 Å². The van der Waals surface area contributed by atoms with Crippen molar-refractivity contribution < 1.29 is 9.18 Å². The van der Waals surface area contributed by atoms with Crippen LogP contribution in [0.2, 0.25) is 5.15 Å². The molecule has 21 heavy (non-hydrogen) atoms. The van der Waals surface area contributed by atoms with Gasteiger partial charge in [-0.05, 0) is 18.2 Å². The minimum atomic E-state index is -0.348. The predicted octanol–water partition coefficient (Wildman–Crippen LogP) is 2.87. The molecule has 2 rings (SSSR count). The molecule has 0 unspecified atom stereocenters. The summed E-state index contributed by atoms with van der Waals surface area (Å²) in [5, 5.41) is 2.90. The highest BCUT2D eigenvalue weighted by molar-refractivity contribution is 6.29. The van der Waals surface area contributed by atoms with Gasteiger partial charge in [-0.25, -0.2) is 9.37 Å². The van der Waals surface area contributed by atoms with Gasteiger partial charge in [-0.1, -0.05) is 29.8 Å². The lowest BCUT2D eigenvalue weighted by Gasteiger charge is -2.13. The second kappa shape index (κ2) is 6.54. The van der Waals surface area contributed by atoms with Crippen molar-refractivity contribution in [2.45, 2.75) is 6.54 Å². The standard InChI is InChI=1S/C15H15ClFN3O/c1-20(2)14-8-11(7-13(16)19-14)15(21)18-9-10-5-3-4-6-12(10)17/h3-8H,9H2,1-2H3,(H,18,21). The van der Waals surface area contributed by atoms with Gasteiger partial charge in [-0.2, -0.15) is 0 Å². The Morgan fingerprint density at radius 2 is 2.05 bits per heavy atom. The molecule has 0 atom stereocenters. The Bertz CT molecular complexity index is 661. The SMILES string of the molecule is CN(C)c1cc(C(=O)NCc2ccccc2F)cc(Cl)n1. The highest BCUT2D eigenvalue weighted by atomic mass is 35.5. The molecule has 1 amide bonds. The normalized spacial score (nSPS) is 10.3. The Labute approximate surface area is 127 Å². The number of nitrogens with zero attached hydrogens (tertiary/aromatic N) is 2. The number of aromatic nitrogens is 1. The highest BCUT2D eigenvalue weighted by Crippen LogP contribution is 2.16. The summed E-state index contributed by atoms with van der Waals surface area (Å²) in [7, 11) is 3.61. The molecular weight excluding hydrogens is 293 g/mol. The maximum absolute atomic E-state index is 13.5. The molecule has 0 saturated carbocycles. The maximum Gasteiger partial charge on any atom is 0.251 e. The average molecular weight is 308 g/mol. The topological polar surface area (TPSA) is 45.2 Å². The van der Waals surface area contributed by atoms with E-state index < -0.39 is 0 Å². The second-order valence-corrected chi connectivity index (χ2v) is 5.09. The first-order chi connectivity index (χ1) is 9.97. The molecule has 0 aliphatic heterocycles. The van der Waals surface area contributed by atoms with E-state index in [1.165, 1.54) is 12.1 Å². The number of pyridine rings is 1. The van der Waals surface area contributed by atoms with Crippen molar-refractivity contribution in [3.8, 4) is 0 Å². The van der Waals surface area contributed by atoms with Crippen LogP contribution in [0.3, 0.4) is 0 Å². The molecule has 2 aromatic rings. The molecule has 0 bridgehead atoms. The number of nitrogens with one attached hydrogen (secondary N) is 1. The first-order valence-corrected chi connectivity index (χ1v) is 6.71. The van der Waals surface area contributed by atoms with Crippen molar-refractivity contribution in [1.82, 2.24) is 10.3 Å². The van der Waals surface area contributed by atoms with Gasteiger partial charge in [-0.3, -0.25) is 4.79 Å². The fourth-order valence-corrected chi connectivity index (χ4v) is 1.97. The minimum absolute atomic E-state index is 0.114. The molecule has 1 heterocycles. The van der Waals surface area contributed by atoms with Crippen molar-refractivity contribution >= 4 is 23.3 Å². The van der Waals surface area contributed by atoms with Gasteiger partial charge < -0.3 is 10.2 Å². The zero-order chi connectivity index (χ0) is 15.4. The lowest BCUT2D eigenvalue weighted by atomic mass is 10.2. The summed E-state index contributed by atoms with van der Waals surface area (Å²) < 4.78 is 13.5. The Balaban J connectivity index is 2.12. The van der Waals surface area contributed by atoms with Crippen molar-refractivity contribution in [3.63, 3.8) is 0 Å². The number of benzene rings is 1. The summed E-state index contributed by atoms with van der Waals surface area (Å²) in [6.07, 6.45) is 0. The van der Waals surface area contributed by atoms with Gasteiger partial charge in [0.15, 0.2) is 0 Å². The van der Waals surface area contributed by atoms with E-state index in [9.17, 15) is 9.18 Å². The number of halogens is 2. The van der Waals surface area contributed by atoms with Crippen LogP contribution in [0.25, 0.3) is 0 Å². The van der Waals surface area contributed by atoms with Crippen LogP contribution in [0.4, 0.5) is 10.2 Å². The van der Waals surface area contributed by atoms with E-state index in [0.29, 0.717) is 16.9 Å². The molecular formula is C15H15ClFN3O. The van der Waals surface area contributed by atoms with E-state index in [2.05, 4.69) is 10.3 Å². The number of carbonyl (C=O) groups excluding carboxylic acids is 1. The van der Waals surface area contributed by atoms with E-state index in [0.717, 1.165) is 0 Å². The lowest BCUT2D eigenvalue weighted by Crippen LogP contribution is -2.24. The number of rotatable bonds is 4. The van der Waals surface area contributed by atoms with Gasteiger partial charge in [0.1, 0.15) is 16.8 Å². The summed E-state index contributed by atoms with van der Waals surface area (Å²) in [5.41, 5.74) is 0.814. The van der Waals surface area contributed by atoms with Crippen LogP contribution < -0.4 is 10.2 Å². The van der Waals surface area contributed by atoms with Crippen molar-refractivity contribution in [2.24, 2.45) is 0 Å². The smallest absolute Gasteiger partial charge is 0.251 e. The first-order valence-electron chi connectivity index (χ1n) is 6.34. The third kappa shape index (κ3) is 3.92. The van der Waals surface area contributed by atoms with Crippen LogP contribution >= 0.6 is 11.6 Å². The molecule has 1 aromatic heterocycles. The fraction of sp³-hybridized carbons (Fsp3) is 0.200. The van der Waals surface area contributed by atoms with Crippen molar-refractivity contribution in [1.29, 1.82) is 0 Å². The van der Waals surface area contributed by atoms with E-state index in [4.69, 9.17) is 11.6 Å². The molecule has 1 aromatic carbocycles. The van der Waals surface area contributed by atoms with E-state index >= 15 is 0 Å². The molecule has 4 nitrogen and oxygen atoms in total. The van der Waals surface area contributed by atoms with Crippen LogP contribution in [0, 0.1) is 5.82 Å². The third-order valence-electron chi connectivity index (χ3n) is 2.90. The molecule has 0 aliphatic rings. The van der Waals surface area contributed by atoms with Gasteiger partial charge in [0.2, 0.25) is 0 Å². The number of carbonyl (C=O) groups is 1. The van der Waals surface area contributed by atoms with Crippen LogP contribution in [0.5, 0.6) is 0 Å². The molecule has 0 fully saturated rings. The Morgan fingerprint density at radius 3 is 2.71 bits per heavy atom. The summed E-state index contributed by atoms with van der Waals surface area (Å²) >= 11 is 5.90. The van der Waals surface area contributed by atoms with Crippen LogP contribution in [0.1, 0.15) is 15.9 Å². The Kier molecular flexibility index (Phi) is 4.75. The lowest BCUT2D eigenvalue weighted by molar-refractivity contribution is 0.0950. The monoisotopic (exact) mass is 307 g/mol. The number of anilines is 1. The van der Waals surface area contributed by atoms with Crippen LogP contribution in [-0.2, 0) is 6.54 Å². The molecule has 0 saturated heterocycles. The summed E-state index contributed by atoms with van der Waals surface area (Å²) in [5.74, 6) is -0.0938. The fourth-order valence-electron chi connectivity index (χ4n) is 1.76. The van der Waals surface area contributed by atoms with Gasteiger partial charge in [-0.15, -0.1) is 0 Å². The number of amides is 1. The predicted molar refractivity (Wildman–Crippen MR) is 81.1 cm³/mol. The maximum atomic E-state index is 13.5. The zero-order valence-corrected chi connectivity index (χ0v) is 12.5. The van der Waals surface area contributed by atoms with Gasteiger partial charge in [0, 0.05) is 31.8 Å². The second-order valence-electron chi connectivity index (χ2n) is 4.71. The third-order valence-corrected chi connectivity index (χ3v) is 3.09. The van der Waals surface area contributed by atoms with Gasteiger partial charge in [0.05, 0.1) is 0 Å². The minimum Gasteiger partial charge on any atom is -0.363 e. The van der Waals surface area contributed by atoms with E-state index in [1.54, 1.807) is 43.3 Å². The van der Waals surface area contributed by atoms with Crippen LogP contribution in [0.15, 0.2) is 36.4 Å². The summed E-state index contributed by atoms with van der Waals surface area (Å²) in [6.45, 7) is 0.114. The average Bonchev–Trinajstić information content (AvgIpc) is 2.45. The molecule has 0 radical (unpaired) electrons. The Morgan fingerprint density at radius 1 is 1.33 bits per heavy atom.